The predicted molar refractivity (Wildman–Crippen MR) is 52.3 cm³/mol. The van der Waals surface area contributed by atoms with Crippen LogP contribution < -0.4 is 0 Å². The van der Waals surface area contributed by atoms with Crippen LogP contribution in [0.1, 0.15) is 32.6 Å². The van der Waals surface area contributed by atoms with Crippen molar-refractivity contribution in [1.29, 1.82) is 5.26 Å². The maximum Gasteiger partial charge on any atom is 0.302 e. The zero-order chi connectivity index (χ0) is 10.6. The summed E-state index contributed by atoms with van der Waals surface area (Å²) in [6.07, 6.45) is 4.61. The normalized spacial score (nSPS) is 30.7. The van der Waals surface area contributed by atoms with Crippen molar-refractivity contribution >= 4 is 5.97 Å². The molecule has 1 saturated carbocycles. The summed E-state index contributed by atoms with van der Waals surface area (Å²) in [5.41, 5.74) is -0.520. The van der Waals surface area contributed by atoms with Crippen LogP contribution in [0.2, 0.25) is 0 Å². The van der Waals surface area contributed by atoms with Crippen molar-refractivity contribution in [3.05, 3.63) is 12.7 Å². The molecule has 3 nitrogen and oxygen atoms in total. The van der Waals surface area contributed by atoms with Crippen molar-refractivity contribution in [2.75, 3.05) is 0 Å². The van der Waals surface area contributed by atoms with E-state index in [1.54, 1.807) is 6.08 Å². The zero-order valence-electron chi connectivity index (χ0n) is 8.45. The summed E-state index contributed by atoms with van der Waals surface area (Å²) in [7, 11) is 0. The molecule has 0 spiro atoms. The first-order valence-electron chi connectivity index (χ1n) is 4.84. The highest BCUT2D eigenvalue weighted by Crippen LogP contribution is 2.42. The average Bonchev–Trinajstić information content (AvgIpc) is 2.49. The first-order valence-corrected chi connectivity index (χ1v) is 4.84. The molecule has 1 aliphatic carbocycles. The minimum absolute atomic E-state index is 0.247. The molecule has 0 saturated heterocycles. The molecule has 0 N–H and O–H groups in total. The van der Waals surface area contributed by atoms with Crippen LogP contribution in [-0.4, -0.2) is 12.1 Å². The SMILES string of the molecule is C=CC[C@@]1(C#N)CCC[C@H]1OC(C)=O. The topological polar surface area (TPSA) is 50.1 Å². The van der Waals surface area contributed by atoms with E-state index < -0.39 is 5.41 Å². The van der Waals surface area contributed by atoms with Crippen LogP contribution in [0.25, 0.3) is 0 Å². The summed E-state index contributed by atoms with van der Waals surface area (Å²) in [4.78, 5) is 10.9. The van der Waals surface area contributed by atoms with Gasteiger partial charge in [-0.3, -0.25) is 4.79 Å². The molecule has 2 atom stereocenters. The number of ether oxygens (including phenoxy) is 1. The van der Waals surface area contributed by atoms with Gasteiger partial charge in [0, 0.05) is 6.92 Å². The van der Waals surface area contributed by atoms with Crippen LogP contribution in [0.3, 0.4) is 0 Å². The third kappa shape index (κ3) is 1.95. The Bertz CT molecular complexity index is 280. The Morgan fingerprint density at radius 2 is 2.57 bits per heavy atom. The molecule has 76 valence electrons. The van der Waals surface area contributed by atoms with Crippen molar-refractivity contribution in [2.24, 2.45) is 5.41 Å². The molecule has 0 aromatic carbocycles. The number of allylic oxidation sites excluding steroid dienone is 1. The molecule has 3 heteroatoms. The fraction of sp³-hybridized carbons (Fsp3) is 0.636. The second-order valence-electron chi connectivity index (χ2n) is 3.75. The minimum Gasteiger partial charge on any atom is -0.461 e. The molecule has 0 bridgehead atoms. The van der Waals surface area contributed by atoms with Gasteiger partial charge in [-0.25, -0.2) is 0 Å². The number of esters is 1. The molecule has 0 unspecified atom stereocenters. The van der Waals surface area contributed by atoms with Crippen molar-refractivity contribution in [3.63, 3.8) is 0 Å². The van der Waals surface area contributed by atoms with Gasteiger partial charge in [-0.2, -0.15) is 5.26 Å². The lowest BCUT2D eigenvalue weighted by Crippen LogP contribution is -2.31. The van der Waals surface area contributed by atoms with E-state index in [2.05, 4.69) is 12.6 Å². The maximum absolute atomic E-state index is 10.9. The first-order chi connectivity index (χ1) is 6.64. The van der Waals surface area contributed by atoms with Gasteiger partial charge in [-0.15, -0.1) is 6.58 Å². The highest BCUT2D eigenvalue weighted by Gasteiger charge is 2.44. The standard InChI is InChI=1S/C11H15NO2/c1-3-6-11(8-12)7-4-5-10(11)14-9(2)13/h3,10H,1,4-7H2,2H3/t10-,11+/m1/s1. The molecule has 1 rings (SSSR count). The van der Waals surface area contributed by atoms with E-state index in [-0.39, 0.29) is 12.1 Å². The second-order valence-corrected chi connectivity index (χ2v) is 3.75. The van der Waals surface area contributed by atoms with Crippen LogP contribution >= 0.6 is 0 Å². The van der Waals surface area contributed by atoms with Gasteiger partial charge in [0.05, 0.1) is 11.5 Å². The van der Waals surface area contributed by atoms with Crippen molar-refractivity contribution in [3.8, 4) is 6.07 Å². The number of nitrogens with zero attached hydrogens (tertiary/aromatic N) is 1. The molecule has 0 heterocycles. The van der Waals surface area contributed by atoms with Crippen LogP contribution in [0, 0.1) is 16.7 Å². The van der Waals surface area contributed by atoms with E-state index in [1.807, 2.05) is 0 Å². The molecule has 0 radical (unpaired) electrons. The van der Waals surface area contributed by atoms with Crippen molar-refractivity contribution < 1.29 is 9.53 Å². The Balaban J connectivity index is 2.78. The molecule has 14 heavy (non-hydrogen) atoms. The molecular formula is C11H15NO2. The lowest BCUT2D eigenvalue weighted by atomic mass is 9.82. The van der Waals surface area contributed by atoms with Gasteiger partial charge < -0.3 is 4.74 Å². The third-order valence-corrected chi connectivity index (χ3v) is 2.75. The molecule has 0 aliphatic heterocycles. The van der Waals surface area contributed by atoms with E-state index in [0.717, 1.165) is 19.3 Å². The van der Waals surface area contributed by atoms with Crippen LogP contribution in [0.5, 0.6) is 0 Å². The van der Waals surface area contributed by atoms with E-state index in [4.69, 9.17) is 10.00 Å². The Morgan fingerprint density at radius 1 is 1.86 bits per heavy atom. The fourth-order valence-electron chi connectivity index (χ4n) is 2.08. The first kappa shape index (κ1) is 10.8. The highest BCUT2D eigenvalue weighted by molar-refractivity contribution is 5.66. The van der Waals surface area contributed by atoms with Crippen LogP contribution in [0.4, 0.5) is 0 Å². The van der Waals surface area contributed by atoms with Gasteiger partial charge in [0.2, 0.25) is 0 Å². The summed E-state index contributed by atoms with van der Waals surface area (Å²) in [5, 5.41) is 9.14. The van der Waals surface area contributed by atoms with Crippen LogP contribution in [-0.2, 0) is 9.53 Å². The lowest BCUT2D eigenvalue weighted by molar-refractivity contribution is -0.149. The Kier molecular flexibility index (Phi) is 3.29. The Labute approximate surface area is 84.4 Å². The number of rotatable bonds is 3. The van der Waals surface area contributed by atoms with Gasteiger partial charge in [-0.1, -0.05) is 6.08 Å². The Hall–Kier alpha value is -1.30. The maximum atomic E-state index is 10.9. The molecule has 1 aliphatic rings. The third-order valence-electron chi connectivity index (χ3n) is 2.75. The molecule has 0 amide bonds. The van der Waals surface area contributed by atoms with E-state index in [9.17, 15) is 4.79 Å². The van der Waals surface area contributed by atoms with E-state index in [1.165, 1.54) is 6.92 Å². The van der Waals surface area contributed by atoms with Gasteiger partial charge in [0.15, 0.2) is 0 Å². The Morgan fingerprint density at radius 3 is 3.07 bits per heavy atom. The number of carbonyl (C=O) groups excluding carboxylic acids is 1. The smallest absolute Gasteiger partial charge is 0.302 e. The summed E-state index contributed by atoms with van der Waals surface area (Å²) in [5.74, 6) is -0.305. The summed E-state index contributed by atoms with van der Waals surface area (Å²) >= 11 is 0. The molecule has 0 aromatic rings. The minimum atomic E-state index is -0.520. The number of hydrogen-bond acceptors (Lipinski definition) is 3. The van der Waals surface area contributed by atoms with Crippen LogP contribution in [0.15, 0.2) is 12.7 Å². The predicted octanol–water partition coefficient (Wildman–Crippen LogP) is 2.19. The summed E-state index contributed by atoms with van der Waals surface area (Å²) < 4.78 is 5.16. The largest absolute Gasteiger partial charge is 0.461 e. The quantitative estimate of drug-likeness (QED) is 0.510. The van der Waals surface area contributed by atoms with Gasteiger partial charge in [0.25, 0.3) is 0 Å². The number of carbonyl (C=O) groups is 1. The van der Waals surface area contributed by atoms with E-state index in [0.29, 0.717) is 6.42 Å². The van der Waals surface area contributed by atoms with Crippen molar-refractivity contribution in [1.82, 2.24) is 0 Å². The van der Waals surface area contributed by atoms with E-state index >= 15 is 0 Å². The van der Waals surface area contributed by atoms with Gasteiger partial charge in [0.1, 0.15) is 6.10 Å². The highest BCUT2D eigenvalue weighted by atomic mass is 16.5. The van der Waals surface area contributed by atoms with Gasteiger partial charge >= 0.3 is 5.97 Å². The lowest BCUT2D eigenvalue weighted by Gasteiger charge is -2.26. The second kappa shape index (κ2) is 4.28. The number of nitriles is 1. The average molecular weight is 193 g/mol. The van der Waals surface area contributed by atoms with Gasteiger partial charge in [-0.05, 0) is 25.7 Å². The monoisotopic (exact) mass is 193 g/mol. The molecular weight excluding hydrogens is 178 g/mol. The number of hydrogen-bond donors (Lipinski definition) is 0. The zero-order valence-corrected chi connectivity index (χ0v) is 8.45. The van der Waals surface area contributed by atoms with Crippen molar-refractivity contribution in [2.45, 2.75) is 38.7 Å². The molecule has 1 fully saturated rings. The fourth-order valence-corrected chi connectivity index (χ4v) is 2.08. The molecule has 0 aromatic heterocycles. The summed E-state index contributed by atoms with van der Waals surface area (Å²) in [6.45, 7) is 5.02. The summed E-state index contributed by atoms with van der Waals surface area (Å²) in [6, 6.07) is 2.29.